The standard InChI is InChI=1S/C7H7NO4S/c8-13(11,12)7(10)5-3-1-2-4-6(5)9/h1-4,9H,(H2,8,11,12). The number of hydrogen-bond acceptors (Lipinski definition) is 4. The van der Waals surface area contributed by atoms with Gasteiger partial charge in [-0.15, -0.1) is 0 Å². The Labute approximate surface area is 74.9 Å². The van der Waals surface area contributed by atoms with Gasteiger partial charge in [-0.05, 0) is 12.1 Å². The van der Waals surface area contributed by atoms with Gasteiger partial charge in [0.1, 0.15) is 5.75 Å². The number of rotatable bonds is 1. The average molecular weight is 201 g/mol. The molecule has 6 heteroatoms. The minimum Gasteiger partial charge on any atom is -0.507 e. The number of phenolic OH excluding ortho intramolecular Hbond substituents is 1. The van der Waals surface area contributed by atoms with Crippen molar-refractivity contribution in [1.29, 1.82) is 0 Å². The van der Waals surface area contributed by atoms with Gasteiger partial charge < -0.3 is 5.11 Å². The fourth-order valence-electron chi connectivity index (χ4n) is 0.800. The molecule has 3 N–H and O–H groups in total. The molecule has 70 valence electrons. The third kappa shape index (κ3) is 2.04. The zero-order valence-corrected chi connectivity index (χ0v) is 7.28. The fourth-order valence-corrected chi connectivity index (χ4v) is 1.28. The number of phenols is 1. The summed E-state index contributed by atoms with van der Waals surface area (Å²) in [6, 6.07) is 5.29. The zero-order valence-electron chi connectivity index (χ0n) is 6.47. The molecule has 0 aromatic heterocycles. The Hall–Kier alpha value is -1.40. The van der Waals surface area contributed by atoms with Crippen molar-refractivity contribution in [3.8, 4) is 5.75 Å². The van der Waals surface area contributed by atoms with Crippen LogP contribution in [0.5, 0.6) is 5.75 Å². The molecule has 0 aliphatic rings. The van der Waals surface area contributed by atoms with E-state index >= 15 is 0 Å². The Kier molecular flexibility index (Phi) is 2.35. The molecule has 0 aliphatic carbocycles. The predicted molar refractivity (Wildman–Crippen MR) is 45.5 cm³/mol. The van der Waals surface area contributed by atoms with Gasteiger partial charge in [-0.2, -0.15) is 0 Å². The van der Waals surface area contributed by atoms with Crippen LogP contribution in [-0.2, 0) is 10.0 Å². The normalized spacial score (nSPS) is 11.2. The summed E-state index contributed by atoms with van der Waals surface area (Å²) in [7, 11) is -4.28. The van der Waals surface area contributed by atoms with Crippen LogP contribution >= 0.6 is 0 Å². The van der Waals surface area contributed by atoms with E-state index in [1.165, 1.54) is 24.3 Å². The summed E-state index contributed by atoms with van der Waals surface area (Å²) in [5, 5.41) is 12.4. The molecule has 0 bridgehead atoms. The number of aromatic hydroxyl groups is 1. The molecule has 0 radical (unpaired) electrons. The van der Waals surface area contributed by atoms with Crippen molar-refractivity contribution < 1.29 is 18.3 Å². The van der Waals surface area contributed by atoms with Crippen molar-refractivity contribution in [3.05, 3.63) is 29.8 Å². The molecule has 1 aromatic carbocycles. The highest BCUT2D eigenvalue weighted by atomic mass is 32.2. The molecule has 0 atom stereocenters. The van der Waals surface area contributed by atoms with E-state index in [1.807, 2.05) is 0 Å². The largest absolute Gasteiger partial charge is 0.507 e. The molecule has 0 saturated carbocycles. The van der Waals surface area contributed by atoms with E-state index in [-0.39, 0.29) is 5.56 Å². The lowest BCUT2D eigenvalue weighted by molar-refractivity contribution is 0.107. The Bertz CT molecular complexity index is 438. The first kappa shape index (κ1) is 9.69. The second-order valence-electron chi connectivity index (χ2n) is 2.35. The summed E-state index contributed by atoms with van der Waals surface area (Å²) in [5.41, 5.74) is -0.315. The second kappa shape index (κ2) is 3.15. The number of carbonyl (C=O) groups is 1. The van der Waals surface area contributed by atoms with Gasteiger partial charge in [0.2, 0.25) is 0 Å². The summed E-state index contributed by atoms with van der Waals surface area (Å²) in [5.74, 6) is -0.401. The molecule has 0 saturated heterocycles. The number of sulfonamides is 1. The smallest absolute Gasteiger partial charge is 0.295 e. The monoisotopic (exact) mass is 201 g/mol. The van der Waals surface area contributed by atoms with Crippen molar-refractivity contribution >= 4 is 15.1 Å². The van der Waals surface area contributed by atoms with Crippen LogP contribution in [0.3, 0.4) is 0 Å². The minimum atomic E-state index is -4.28. The molecule has 0 amide bonds. The summed E-state index contributed by atoms with van der Waals surface area (Å²) >= 11 is 0. The number of benzene rings is 1. The highest BCUT2D eigenvalue weighted by molar-refractivity contribution is 8.04. The number of para-hydroxylation sites is 1. The van der Waals surface area contributed by atoms with Gasteiger partial charge in [-0.25, -0.2) is 13.6 Å². The maximum Gasteiger partial charge on any atom is 0.295 e. The first-order valence-corrected chi connectivity index (χ1v) is 4.82. The average Bonchev–Trinajstić information content (AvgIpc) is 2.02. The van der Waals surface area contributed by atoms with Crippen LogP contribution in [-0.4, -0.2) is 18.6 Å². The maximum absolute atomic E-state index is 11.0. The molecule has 1 aromatic rings. The quantitative estimate of drug-likeness (QED) is 0.658. The van der Waals surface area contributed by atoms with Crippen LogP contribution in [0.2, 0.25) is 0 Å². The van der Waals surface area contributed by atoms with E-state index in [1.54, 1.807) is 0 Å². The SMILES string of the molecule is NS(=O)(=O)C(=O)c1ccccc1O. The number of primary sulfonamides is 1. The van der Waals surface area contributed by atoms with Crippen LogP contribution in [0.4, 0.5) is 0 Å². The molecule has 5 nitrogen and oxygen atoms in total. The lowest BCUT2D eigenvalue weighted by Crippen LogP contribution is -2.23. The van der Waals surface area contributed by atoms with Crippen LogP contribution in [0.1, 0.15) is 10.4 Å². The topological polar surface area (TPSA) is 97.5 Å². The first-order chi connectivity index (χ1) is 5.93. The van der Waals surface area contributed by atoms with Gasteiger partial charge in [0.15, 0.2) is 0 Å². The lowest BCUT2D eigenvalue weighted by Gasteiger charge is -1.99. The second-order valence-corrected chi connectivity index (χ2v) is 3.81. The van der Waals surface area contributed by atoms with Crippen LogP contribution < -0.4 is 5.14 Å². The molecule has 0 unspecified atom stereocenters. The van der Waals surface area contributed by atoms with Gasteiger partial charge in [0.05, 0.1) is 5.56 Å². The van der Waals surface area contributed by atoms with Crippen molar-refractivity contribution in [1.82, 2.24) is 0 Å². The minimum absolute atomic E-state index is 0.315. The maximum atomic E-state index is 11.0. The lowest BCUT2D eigenvalue weighted by atomic mass is 10.2. The van der Waals surface area contributed by atoms with E-state index in [9.17, 15) is 13.2 Å². The molecule has 0 heterocycles. The van der Waals surface area contributed by atoms with Crippen molar-refractivity contribution in [2.75, 3.05) is 0 Å². The van der Waals surface area contributed by atoms with Crippen LogP contribution in [0.25, 0.3) is 0 Å². The van der Waals surface area contributed by atoms with Gasteiger partial charge in [-0.1, -0.05) is 12.1 Å². The van der Waals surface area contributed by atoms with E-state index in [2.05, 4.69) is 5.14 Å². The first-order valence-electron chi connectivity index (χ1n) is 3.28. The summed E-state index contributed by atoms with van der Waals surface area (Å²) in [4.78, 5) is 11.0. The molecule has 0 fully saturated rings. The van der Waals surface area contributed by atoms with Gasteiger partial charge >= 0.3 is 0 Å². The van der Waals surface area contributed by atoms with E-state index in [0.717, 1.165) is 0 Å². The van der Waals surface area contributed by atoms with Gasteiger partial charge in [-0.3, -0.25) is 4.79 Å². The zero-order chi connectivity index (χ0) is 10.1. The number of nitrogens with two attached hydrogens (primary N) is 1. The van der Waals surface area contributed by atoms with Crippen molar-refractivity contribution in [2.24, 2.45) is 5.14 Å². The Balaban J connectivity index is 3.26. The van der Waals surface area contributed by atoms with Crippen LogP contribution in [0, 0.1) is 0 Å². The summed E-state index contributed by atoms with van der Waals surface area (Å²) < 4.78 is 21.2. The fraction of sp³-hybridized carbons (Fsp3) is 0. The third-order valence-electron chi connectivity index (χ3n) is 1.38. The van der Waals surface area contributed by atoms with Crippen molar-refractivity contribution in [3.63, 3.8) is 0 Å². The number of hydrogen-bond donors (Lipinski definition) is 2. The van der Waals surface area contributed by atoms with E-state index in [4.69, 9.17) is 5.11 Å². The van der Waals surface area contributed by atoms with Crippen molar-refractivity contribution in [2.45, 2.75) is 0 Å². The Morgan fingerprint density at radius 3 is 2.31 bits per heavy atom. The molecule has 1 rings (SSSR count). The highest BCUT2D eigenvalue weighted by Gasteiger charge is 2.21. The molecule has 0 aliphatic heterocycles. The molecular weight excluding hydrogens is 194 g/mol. The van der Waals surface area contributed by atoms with Gasteiger partial charge in [0, 0.05) is 0 Å². The molecule has 13 heavy (non-hydrogen) atoms. The predicted octanol–water partition coefficient (Wildman–Crippen LogP) is -0.179. The van der Waals surface area contributed by atoms with Gasteiger partial charge in [0.25, 0.3) is 15.1 Å². The molecular formula is C7H7NO4S. The summed E-state index contributed by atoms with van der Waals surface area (Å²) in [6.45, 7) is 0. The Morgan fingerprint density at radius 1 is 1.31 bits per heavy atom. The van der Waals surface area contributed by atoms with E-state index in [0.29, 0.717) is 0 Å². The van der Waals surface area contributed by atoms with Crippen LogP contribution in [0.15, 0.2) is 24.3 Å². The summed E-state index contributed by atoms with van der Waals surface area (Å²) in [6.07, 6.45) is 0. The van der Waals surface area contributed by atoms with E-state index < -0.39 is 20.9 Å². The third-order valence-corrected chi connectivity index (χ3v) is 2.12. The molecule has 0 spiro atoms. The number of carbonyl (C=O) groups excluding carboxylic acids is 1. The highest BCUT2D eigenvalue weighted by Crippen LogP contribution is 2.17. The Morgan fingerprint density at radius 2 is 1.85 bits per heavy atom.